The molecule has 0 amide bonds. The van der Waals surface area contributed by atoms with Crippen molar-refractivity contribution in [1.82, 2.24) is 0 Å². The van der Waals surface area contributed by atoms with E-state index in [1.54, 1.807) is 13.4 Å². The van der Waals surface area contributed by atoms with Crippen LogP contribution in [0.15, 0.2) is 53.1 Å². The third-order valence-corrected chi connectivity index (χ3v) is 3.39. The number of methoxy groups -OCH3 is 1. The molecule has 4 heteroatoms. The van der Waals surface area contributed by atoms with Crippen LogP contribution < -0.4 is 15.2 Å². The normalized spacial score (nSPS) is 10.8. The SMILES string of the molecule is COc1cccc(OCc2coc3cc(CN)ccc23)c1. The minimum atomic E-state index is 0.447. The second-order valence-electron chi connectivity index (χ2n) is 4.76. The highest BCUT2D eigenvalue weighted by Crippen LogP contribution is 2.25. The number of hydrogen-bond donors (Lipinski definition) is 1. The summed E-state index contributed by atoms with van der Waals surface area (Å²) in [6, 6.07) is 13.5. The predicted octanol–water partition coefficient (Wildman–Crippen LogP) is 3.48. The Labute approximate surface area is 123 Å². The van der Waals surface area contributed by atoms with Crippen LogP contribution in [-0.2, 0) is 13.2 Å². The molecule has 2 aromatic carbocycles. The number of nitrogens with two attached hydrogens (primary N) is 1. The number of ether oxygens (including phenoxy) is 2. The van der Waals surface area contributed by atoms with Gasteiger partial charge in [0.25, 0.3) is 0 Å². The zero-order chi connectivity index (χ0) is 14.7. The molecule has 0 radical (unpaired) electrons. The molecule has 0 saturated carbocycles. The molecule has 0 aliphatic rings. The van der Waals surface area contributed by atoms with E-state index in [1.165, 1.54) is 0 Å². The third-order valence-electron chi connectivity index (χ3n) is 3.39. The molecule has 0 unspecified atom stereocenters. The summed E-state index contributed by atoms with van der Waals surface area (Å²) in [7, 11) is 1.64. The van der Waals surface area contributed by atoms with Crippen LogP contribution in [0.4, 0.5) is 0 Å². The van der Waals surface area contributed by atoms with Crippen molar-refractivity contribution in [3.63, 3.8) is 0 Å². The lowest BCUT2D eigenvalue weighted by molar-refractivity contribution is 0.303. The molecule has 1 aromatic heterocycles. The smallest absolute Gasteiger partial charge is 0.134 e. The molecule has 1 heterocycles. The number of hydrogen-bond acceptors (Lipinski definition) is 4. The molecule has 0 atom stereocenters. The van der Waals surface area contributed by atoms with Crippen molar-refractivity contribution >= 4 is 11.0 Å². The van der Waals surface area contributed by atoms with E-state index in [0.717, 1.165) is 33.6 Å². The molecule has 0 spiro atoms. The van der Waals surface area contributed by atoms with Gasteiger partial charge >= 0.3 is 0 Å². The Hall–Kier alpha value is -2.46. The molecule has 0 bridgehead atoms. The minimum Gasteiger partial charge on any atom is -0.497 e. The van der Waals surface area contributed by atoms with E-state index < -0.39 is 0 Å². The molecule has 4 nitrogen and oxygen atoms in total. The molecule has 108 valence electrons. The van der Waals surface area contributed by atoms with Crippen LogP contribution in [0.3, 0.4) is 0 Å². The van der Waals surface area contributed by atoms with Crippen molar-refractivity contribution in [2.45, 2.75) is 13.2 Å². The lowest BCUT2D eigenvalue weighted by atomic mass is 10.1. The Bertz CT molecular complexity index is 749. The summed E-state index contributed by atoms with van der Waals surface area (Å²) >= 11 is 0. The maximum atomic E-state index is 5.79. The van der Waals surface area contributed by atoms with Crippen LogP contribution in [0, 0.1) is 0 Å². The highest BCUT2D eigenvalue weighted by molar-refractivity contribution is 5.81. The fraction of sp³-hybridized carbons (Fsp3) is 0.176. The summed E-state index contributed by atoms with van der Waals surface area (Å²) in [6.07, 6.45) is 1.73. The van der Waals surface area contributed by atoms with Crippen molar-refractivity contribution < 1.29 is 13.9 Å². The van der Waals surface area contributed by atoms with E-state index in [9.17, 15) is 0 Å². The third kappa shape index (κ3) is 2.85. The Morgan fingerprint density at radius 1 is 1.10 bits per heavy atom. The average molecular weight is 283 g/mol. The summed E-state index contributed by atoms with van der Waals surface area (Å²) in [4.78, 5) is 0. The summed E-state index contributed by atoms with van der Waals surface area (Å²) in [5.41, 5.74) is 8.53. The van der Waals surface area contributed by atoms with Crippen molar-refractivity contribution in [2.24, 2.45) is 5.73 Å². The second kappa shape index (κ2) is 5.89. The maximum Gasteiger partial charge on any atom is 0.134 e. The minimum absolute atomic E-state index is 0.447. The van der Waals surface area contributed by atoms with Gasteiger partial charge in [-0.15, -0.1) is 0 Å². The zero-order valence-corrected chi connectivity index (χ0v) is 11.8. The Kier molecular flexibility index (Phi) is 3.79. The molecule has 3 aromatic rings. The molecule has 2 N–H and O–H groups in total. The molecular weight excluding hydrogens is 266 g/mol. The highest BCUT2D eigenvalue weighted by Gasteiger charge is 2.07. The topological polar surface area (TPSA) is 57.6 Å². The van der Waals surface area contributed by atoms with Gasteiger partial charge in [0.05, 0.1) is 13.4 Å². The van der Waals surface area contributed by atoms with E-state index in [-0.39, 0.29) is 0 Å². The molecule has 0 aliphatic carbocycles. The molecule has 21 heavy (non-hydrogen) atoms. The highest BCUT2D eigenvalue weighted by atomic mass is 16.5. The number of benzene rings is 2. The quantitative estimate of drug-likeness (QED) is 0.779. The summed E-state index contributed by atoms with van der Waals surface area (Å²) in [6.45, 7) is 0.953. The maximum absolute atomic E-state index is 5.79. The first-order chi connectivity index (χ1) is 10.3. The van der Waals surface area contributed by atoms with E-state index in [4.69, 9.17) is 19.6 Å². The lowest BCUT2D eigenvalue weighted by Gasteiger charge is -2.06. The van der Waals surface area contributed by atoms with Crippen LogP contribution in [0.1, 0.15) is 11.1 Å². The molecule has 0 aliphatic heterocycles. The van der Waals surface area contributed by atoms with Crippen LogP contribution >= 0.6 is 0 Å². The Morgan fingerprint density at radius 3 is 2.76 bits per heavy atom. The first-order valence-corrected chi connectivity index (χ1v) is 6.76. The number of fused-ring (bicyclic) bond motifs is 1. The van der Waals surface area contributed by atoms with Crippen molar-refractivity contribution in [3.05, 3.63) is 59.9 Å². The Morgan fingerprint density at radius 2 is 1.95 bits per heavy atom. The van der Waals surface area contributed by atoms with Gasteiger partial charge in [-0.2, -0.15) is 0 Å². The molecule has 0 fully saturated rings. The van der Waals surface area contributed by atoms with Gasteiger partial charge in [-0.05, 0) is 23.8 Å². The first kappa shape index (κ1) is 13.5. The lowest BCUT2D eigenvalue weighted by Crippen LogP contribution is -1.96. The predicted molar refractivity (Wildman–Crippen MR) is 81.4 cm³/mol. The van der Waals surface area contributed by atoms with Crippen molar-refractivity contribution in [2.75, 3.05) is 7.11 Å². The van der Waals surface area contributed by atoms with Crippen LogP contribution in [0.25, 0.3) is 11.0 Å². The molecular formula is C17H17NO3. The number of furan rings is 1. The van der Waals surface area contributed by atoms with Gasteiger partial charge < -0.3 is 19.6 Å². The largest absolute Gasteiger partial charge is 0.497 e. The fourth-order valence-corrected chi connectivity index (χ4v) is 2.22. The van der Waals surface area contributed by atoms with Crippen LogP contribution in [0.2, 0.25) is 0 Å². The fourth-order valence-electron chi connectivity index (χ4n) is 2.22. The average Bonchev–Trinajstić information content (AvgIpc) is 2.95. The zero-order valence-electron chi connectivity index (χ0n) is 11.8. The Balaban J connectivity index is 1.78. The van der Waals surface area contributed by atoms with Crippen molar-refractivity contribution in [3.8, 4) is 11.5 Å². The van der Waals surface area contributed by atoms with Gasteiger partial charge in [-0.3, -0.25) is 0 Å². The van der Waals surface area contributed by atoms with Crippen molar-refractivity contribution in [1.29, 1.82) is 0 Å². The van der Waals surface area contributed by atoms with Gasteiger partial charge in [0, 0.05) is 23.6 Å². The van der Waals surface area contributed by atoms with E-state index in [0.29, 0.717) is 13.2 Å². The van der Waals surface area contributed by atoms with Gasteiger partial charge in [0.1, 0.15) is 23.7 Å². The standard InChI is InChI=1S/C17H17NO3/c1-19-14-3-2-4-15(8-14)20-10-13-11-21-17-7-12(9-18)5-6-16(13)17/h2-8,11H,9-10,18H2,1H3. The molecule has 0 saturated heterocycles. The summed E-state index contributed by atoms with van der Waals surface area (Å²) < 4.78 is 16.5. The van der Waals surface area contributed by atoms with E-state index in [1.807, 2.05) is 42.5 Å². The summed E-state index contributed by atoms with van der Waals surface area (Å²) in [5, 5.41) is 1.05. The van der Waals surface area contributed by atoms with Crippen LogP contribution in [-0.4, -0.2) is 7.11 Å². The first-order valence-electron chi connectivity index (χ1n) is 6.76. The summed E-state index contributed by atoms with van der Waals surface area (Å²) in [5.74, 6) is 1.54. The van der Waals surface area contributed by atoms with Gasteiger partial charge in [-0.25, -0.2) is 0 Å². The second-order valence-corrected chi connectivity index (χ2v) is 4.76. The van der Waals surface area contributed by atoms with Gasteiger partial charge in [0.15, 0.2) is 0 Å². The van der Waals surface area contributed by atoms with Gasteiger partial charge in [-0.1, -0.05) is 18.2 Å². The van der Waals surface area contributed by atoms with E-state index >= 15 is 0 Å². The van der Waals surface area contributed by atoms with E-state index in [2.05, 4.69) is 0 Å². The molecule has 3 rings (SSSR count). The van der Waals surface area contributed by atoms with Gasteiger partial charge in [0.2, 0.25) is 0 Å². The monoisotopic (exact) mass is 283 g/mol. The van der Waals surface area contributed by atoms with Crippen LogP contribution in [0.5, 0.6) is 11.5 Å². The number of rotatable bonds is 5.